The number of hydrogen-bond donors (Lipinski definition) is 2. The molecular formula is C27H22ClF2N3O5. The molecule has 0 saturated carbocycles. The molecule has 1 aliphatic heterocycles. The molecule has 1 aromatic heterocycles. The summed E-state index contributed by atoms with van der Waals surface area (Å²) < 4.78 is 30.0. The molecule has 0 bridgehead atoms. The van der Waals surface area contributed by atoms with E-state index in [-0.39, 0.29) is 42.4 Å². The van der Waals surface area contributed by atoms with Crippen molar-refractivity contribution in [2.75, 3.05) is 6.54 Å². The first-order chi connectivity index (χ1) is 18.0. The molecule has 0 spiro atoms. The van der Waals surface area contributed by atoms with Crippen molar-refractivity contribution in [2.45, 2.75) is 38.6 Å². The zero-order valence-electron chi connectivity index (χ0n) is 20.1. The summed E-state index contributed by atoms with van der Waals surface area (Å²) in [4.78, 5) is 50.2. The van der Waals surface area contributed by atoms with E-state index in [0.29, 0.717) is 22.0 Å². The molecule has 2 amide bonds. The second-order valence-electron chi connectivity index (χ2n) is 8.84. The van der Waals surface area contributed by atoms with Crippen LogP contribution >= 0.6 is 11.6 Å². The number of carboxylic acids is 1. The van der Waals surface area contributed by atoms with Gasteiger partial charge in [0.05, 0.1) is 11.6 Å². The summed E-state index contributed by atoms with van der Waals surface area (Å²) in [6.07, 6.45) is -0.131. The van der Waals surface area contributed by atoms with Crippen molar-refractivity contribution in [3.8, 4) is 11.8 Å². The number of aliphatic carboxylic acids is 1. The fraction of sp³-hybridized carbons (Fsp3) is 0.259. The highest BCUT2D eigenvalue weighted by molar-refractivity contribution is 6.30. The fourth-order valence-corrected chi connectivity index (χ4v) is 4.64. The Morgan fingerprint density at radius 1 is 1.21 bits per heavy atom. The number of carbonyl (C=O) groups excluding carboxylic acids is 3. The highest BCUT2D eigenvalue weighted by Gasteiger charge is 2.39. The molecule has 2 atom stereocenters. The minimum absolute atomic E-state index is 0.0943. The SMILES string of the molecule is CC(=O)c1cn(CC(=O)N2C[C@H](F)C[C@H]2C(=O)NCc2cccc(Cl)c2F)c2ccc(C#CC(=O)O)cc12. The number of benzene rings is 2. The molecule has 0 unspecified atom stereocenters. The monoisotopic (exact) mass is 541 g/mol. The quantitative estimate of drug-likeness (QED) is 0.368. The van der Waals surface area contributed by atoms with E-state index in [2.05, 4.69) is 11.2 Å². The van der Waals surface area contributed by atoms with Gasteiger partial charge in [0.2, 0.25) is 11.8 Å². The third-order valence-corrected chi connectivity index (χ3v) is 6.53. The van der Waals surface area contributed by atoms with Gasteiger partial charge < -0.3 is 19.9 Å². The lowest BCUT2D eigenvalue weighted by atomic mass is 10.1. The molecule has 196 valence electrons. The zero-order chi connectivity index (χ0) is 27.6. The number of ketones is 1. The van der Waals surface area contributed by atoms with Gasteiger partial charge in [-0.2, -0.15) is 0 Å². The second kappa shape index (κ2) is 11.0. The average Bonchev–Trinajstić information content (AvgIpc) is 3.44. The minimum Gasteiger partial charge on any atom is -0.472 e. The van der Waals surface area contributed by atoms with E-state index in [4.69, 9.17) is 16.7 Å². The summed E-state index contributed by atoms with van der Waals surface area (Å²) in [6, 6.07) is 8.00. The normalized spacial score (nSPS) is 16.7. The van der Waals surface area contributed by atoms with E-state index in [1.165, 1.54) is 35.9 Å². The summed E-state index contributed by atoms with van der Waals surface area (Å²) >= 11 is 5.77. The minimum atomic E-state index is -1.41. The molecule has 2 heterocycles. The van der Waals surface area contributed by atoms with Gasteiger partial charge in [-0.3, -0.25) is 14.4 Å². The molecule has 2 aromatic carbocycles. The molecule has 38 heavy (non-hydrogen) atoms. The maximum Gasteiger partial charge on any atom is 0.382 e. The van der Waals surface area contributed by atoms with Crippen molar-refractivity contribution in [3.63, 3.8) is 0 Å². The van der Waals surface area contributed by atoms with Gasteiger partial charge in [-0.1, -0.05) is 29.7 Å². The average molecular weight is 542 g/mol. The highest BCUT2D eigenvalue weighted by atomic mass is 35.5. The number of halogens is 3. The van der Waals surface area contributed by atoms with Gasteiger partial charge in [-0.15, -0.1) is 0 Å². The Hall–Kier alpha value is -4.23. The Balaban J connectivity index is 1.54. The number of fused-ring (bicyclic) bond motifs is 1. The number of rotatable bonds is 6. The first kappa shape index (κ1) is 26.8. The summed E-state index contributed by atoms with van der Waals surface area (Å²) in [5, 5.41) is 11.7. The summed E-state index contributed by atoms with van der Waals surface area (Å²) in [7, 11) is 0. The predicted molar refractivity (Wildman–Crippen MR) is 135 cm³/mol. The van der Waals surface area contributed by atoms with Crippen LogP contribution in [0.4, 0.5) is 8.78 Å². The summed E-state index contributed by atoms with van der Waals surface area (Å²) in [6.45, 7) is 0.616. The number of hydrogen-bond acceptors (Lipinski definition) is 4. The molecule has 1 aliphatic rings. The van der Waals surface area contributed by atoms with Crippen molar-refractivity contribution in [2.24, 2.45) is 0 Å². The van der Waals surface area contributed by atoms with Gasteiger partial charge in [0.1, 0.15) is 24.6 Å². The van der Waals surface area contributed by atoms with Gasteiger partial charge in [0, 0.05) is 52.7 Å². The Bertz CT molecular complexity index is 1520. The highest BCUT2D eigenvalue weighted by Crippen LogP contribution is 2.26. The van der Waals surface area contributed by atoms with Crippen molar-refractivity contribution in [1.29, 1.82) is 0 Å². The van der Waals surface area contributed by atoms with Crippen LogP contribution in [0.1, 0.15) is 34.8 Å². The largest absolute Gasteiger partial charge is 0.472 e. The van der Waals surface area contributed by atoms with E-state index < -0.39 is 35.8 Å². The van der Waals surface area contributed by atoms with Crippen LogP contribution in [0.25, 0.3) is 10.9 Å². The van der Waals surface area contributed by atoms with E-state index in [1.54, 1.807) is 18.2 Å². The molecule has 1 fully saturated rings. The Labute approximate surface area is 221 Å². The van der Waals surface area contributed by atoms with Crippen LogP contribution in [0.15, 0.2) is 42.6 Å². The summed E-state index contributed by atoms with van der Waals surface area (Å²) in [5.41, 5.74) is 1.34. The number of likely N-dealkylation sites (tertiary alicyclic amines) is 1. The van der Waals surface area contributed by atoms with Gasteiger partial charge in [0.15, 0.2) is 5.78 Å². The van der Waals surface area contributed by atoms with E-state index in [9.17, 15) is 28.0 Å². The lowest BCUT2D eigenvalue weighted by Crippen LogP contribution is -2.46. The lowest BCUT2D eigenvalue weighted by Gasteiger charge is -2.24. The van der Waals surface area contributed by atoms with Gasteiger partial charge >= 0.3 is 5.97 Å². The van der Waals surface area contributed by atoms with Crippen molar-refractivity contribution < 1.29 is 33.1 Å². The number of carbonyl (C=O) groups is 4. The lowest BCUT2D eigenvalue weighted by molar-refractivity contribution is -0.139. The van der Waals surface area contributed by atoms with Crippen molar-refractivity contribution in [1.82, 2.24) is 14.8 Å². The van der Waals surface area contributed by atoms with Crippen LogP contribution in [-0.2, 0) is 27.5 Å². The molecule has 11 heteroatoms. The third kappa shape index (κ3) is 5.68. The second-order valence-corrected chi connectivity index (χ2v) is 9.25. The fourth-order valence-electron chi connectivity index (χ4n) is 4.44. The topological polar surface area (TPSA) is 109 Å². The number of nitrogens with zero attached hydrogens (tertiary/aromatic N) is 2. The standard InChI is InChI=1S/C27H22ClF2N3O5/c1-15(34)20-13-32(22-7-5-16(9-19(20)22)6-8-25(36)37)14-24(35)33-12-18(29)10-23(33)27(38)31-11-17-3-2-4-21(28)26(17)30/h2-5,7,9,13,18,23H,10-12,14H2,1H3,(H,31,38)(H,36,37)/t18-,23+/m1/s1. The molecule has 2 N–H and O–H groups in total. The first-order valence-electron chi connectivity index (χ1n) is 11.6. The Morgan fingerprint density at radius 2 is 1.97 bits per heavy atom. The molecule has 4 rings (SSSR count). The van der Waals surface area contributed by atoms with E-state index >= 15 is 0 Å². The first-order valence-corrected chi connectivity index (χ1v) is 12.0. The van der Waals surface area contributed by atoms with Crippen LogP contribution in [0, 0.1) is 17.7 Å². The molecule has 1 saturated heterocycles. The molecule has 8 nitrogen and oxygen atoms in total. The Morgan fingerprint density at radius 3 is 2.68 bits per heavy atom. The molecule has 0 aliphatic carbocycles. The number of Topliss-reactive ketones (excluding diaryl/α,β-unsaturated/α-hetero) is 1. The van der Waals surface area contributed by atoms with Gasteiger partial charge in [-0.05, 0) is 31.2 Å². The number of alkyl halides is 1. The van der Waals surface area contributed by atoms with Crippen molar-refractivity contribution in [3.05, 3.63) is 70.1 Å². The van der Waals surface area contributed by atoms with Crippen LogP contribution in [0.5, 0.6) is 0 Å². The van der Waals surface area contributed by atoms with Crippen molar-refractivity contribution >= 4 is 46.1 Å². The van der Waals surface area contributed by atoms with Crippen LogP contribution in [-0.4, -0.2) is 56.9 Å². The maximum absolute atomic E-state index is 14.3. The summed E-state index contributed by atoms with van der Waals surface area (Å²) in [5.74, 6) is 1.09. The van der Waals surface area contributed by atoms with Gasteiger partial charge in [-0.25, -0.2) is 13.6 Å². The van der Waals surface area contributed by atoms with Crippen LogP contribution in [0.2, 0.25) is 5.02 Å². The van der Waals surface area contributed by atoms with Crippen LogP contribution in [0.3, 0.4) is 0 Å². The number of aromatic nitrogens is 1. The molecule has 0 radical (unpaired) electrons. The van der Waals surface area contributed by atoms with E-state index in [0.717, 1.165) is 4.90 Å². The molecule has 3 aromatic rings. The third-order valence-electron chi connectivity index (χ3n) is 6.24. The Kier molecular flexibility index (Phi) is 7.78. The molecular weight excluding hydrogens is 520 g/mol. The zero-order valence-corrected chi connectivity index (χ0v) is 20.9. The smallest absolute Gasteiger partial charge is 0.382 e. The number of amides is 2. The number of carboxylic acid groups (broad SMARTS) is 1. The van der Waals surface area contributed by atoms with E-state index in [1.807, 2.05) is 5.92 Å². The number of nitrogens with one attached hydrogen (secondary N) is 1. The predicted octanol–water partition coefficient (Wildman–Crippen LogP) is 3.33. The maximum atomic E-state index is 14.3. The van der Waals surface area contributed by atoms with Gasteiger partial charge in [0.25, 0.3) is 0 Å². The van der Waals surface area contributed by atoms with Crippen LogP contribution < -0.4 is 5.32 Å².